The first-order chi connectivity index (χ1) is 10.8. The second kappa shape index (κ2) is 7.72. The highest BCUT2D eigenvalue weighted by Gasteiger charge is 2.12. The molecule has 0 radical (unpaired) electrons. The molecule has 0 aromatic carbocycles. The van der Waals surface area contributed by atoms with Gasteiger partial charge in [-0.3, -0.25) is 0 Å². The summed E-state index contributed by atoms with van der Waals surface area (Å²) in [5.41, 5.74) is 2.13. The number of piperazine rings is 1. The van der Waals surface area contributed by atoms with E-state index in [1.165, 1.54) is 39.1 Å². The van der Waals surface area contributed by atoms with Gasteiger partial charge in [0.2, 0.25) is 0 Å². The zero-order valence-electron chi connectivity index (χ0n) is 13.4. The van der Waals surface area contributed by atoms with Crippen LogP contribution < -0.4 is 0 Å². The summed E-state index contributed by atoms with van der Waals surface area (Å²) in [6.07, 6.45) is 4.31. The van der Waals surface area contributed by atoms with Crippen LogP contribution in [-0.2, 0) is 11.3 Å². The smallest absolute Gasteiger partial charge is 0.0906 e. The molecule has 3 rings (SSSR count). The maximum absolute atomic E-state index is 5.75. The molecular weight excluding hydrogens is 276 g/mol. The Kier molecular flexibility index (Phi) is 5.43. The molecule has 22 heavy (non-hydrogen) atoms. The minimum atomic E-state index is 0.607. The molecule has 2 aromatic heterocycles. The maximum atomic E-state index is 5.75. The van der Waals surface area contributed by atoms with E-state index in [0.29, 0.717) is 6.61 Å². The molecule has 1 aliphatic rings. The summed E-state index contributed by atoms with van der Waals surface area (Å²) < 4.78 is 7.65. The Morgan fingerprint density at radius 3 is 2.82 bits per heavy atom. The van der Waals surface area contributed by atoms with Crippen LogP contribution in [0.5, 0.6) is 0 Å². The number of hydrogen-bond donors (Lipinski definition) is 0. The highest BCUT2D eigenvalue weighted by atomic mass is 16.5. The van der Waals surface area contributed by atoms with Crippen molar-refractivity contribution >= 4 is 5.52 Å². The Balaban J connectivity index is 1.29. The van der Waals surface area contributed by atoms with E-state index in [4.69, 9.17) is 4.74 Å². The van der Waals surface area contributed by atoms with Gasteiger partial charge in [0.15, 0.2) is 0 Å². The maximum Gasteiger partial charge on any atom is 0.0906 e. The monoisotopic (exact) mass is 302 g/mol. The van der Waals surface area contributed by atoms with Gasteiger partial charge in [-0.1, -0.05) is 6.07 Å². The van der Waals surface area contributed by atoms with Gasteiger partial charge in [0.05, 0.1) is 17.8 Å². The zero-order chi connectivity index (χ0) is 15.2. The quantitative estimate of drug-likeness (QED) is 0.731. The van der Waals surface area contributed by atoms with Gasteiger partial charge in [0, 0.05) is 39.0 Å². The van der Waals surface area contributed by atoms with E-state index < -0.39 is 0 Å². The zero-order valence-corrected chi connectivity index (χ0v) is 13.4. The van der Waals surface area contributed by atoms with E-state index in [0.717, 1.165) is 24.2 Å². The van der Waals surface area contributed by atoms with Gasteiger partial charge < -0.3 is 14.5 Å². The van der Waals surface area contributed by atoms with Gasteiger partial charge in [-0.05, 0) is 44.6 Å². The van der Waals surface area contributed by atoms with E-state index in [1.807, 2.05) is 22.8 Å². The molecule has 5 heteroatoms. The lowest BCUT2D eigenvalue weighted by molar-refractivity contribution is 0.106. The number of ether oxygens (including phenoxy) is 1. The first kappa shape index (κ1) is 15.5. The van der Waals surface area contributed by atoms with Crippen molar-refractivity contribution in [2.75, 3.05) is 46.4 Å². The molecule has 0 spiro atoms. The first-order valence-electron chi connectivity index (χ1n) is 8.23. The molecular formula is C17H26N4O. The summed E-state index contributed by atoms with van der Waals surface area (Å²) in [5.74, 6) is 0. The van der Waals surface area contributed by atoms with Gasteiger partial charge in [0.25, 0.3) is 0 Å². The average Bonchev–Trinajstić information content (AvgIpc) is 2.95. The van der Waals surface area contributed by atoms with Gasteiger partial charge in [-0.15, -0.1) is 0 Å². The van der Waals surface area contributed by atoms with Crippen molar-refractivity contribution in [1.82, 2.24) is 19.4 Å². The second-order valence-corrected chi connectivity index (χ2v) is 6.11. The lowest BCUT2D eigenvalue weighted by atomic mass is 10.2. The van der Waals surface area contributed by atoms with Crippen molar-refractivity contribution in [2.45, 2.75) is 19.4 Å². The highest BCUT2D eigenvalue weighted by molar-refractivity contribution is 5.46. The van der Waals surface area contributed by atoms with E-state index in [2.05, 4.69) is 34.1 Å². The number of rotatable bonds is 7. The Labute approximate surface area is 132 Å². The summed E-state index contributed by atoms with van der Waals surface area (Å²) in [6.45, 7) is 7.44. The molecule has 0 bridgehead atoms. The fourth-order valence-corrected chi connectivity index (χ4v) is 2.85. The summed E-state index contributed by atoms with van der Waals surface area (Å²) in [5, 5.41) is 4.49. The third kappa shape index (κ3) is 4.29. The number of likely N-dealkylation sites (N-methyl/N-ethyl adjacent to an activating group) is 1. The third-order valence-electron chi connectivity index (χ3n) is 4.28. The largest absolute Gasteiger partial charge is 0.375 e. The predicted octanol–water partition coefficient (Wildman–Crippen LogP) is 1.88. The lowest BCUT2D eigenvalue weighted by Gasteiger charge is -2.32. The molecule has 1 fully saturated rings. The molecule has 3 heterocycles. The summed E-state index contributed by atoms with van der Waals surface area (Å²) in [6, 6.07) is 8.17. The molecule has 1 aliphatic heterocycles. The number of unbranched alkanes of at least 4 members (excludes halogenated alkanes) is 1. The Morgan fingerprint density at radius 2 is 2.00 bits per heavy atom. The van der Waals surface area contributed by atoms with Crippen molar-refractivity contribution in [3.8, 4) is 0 Å². The van der Waals surface area contributed by atoms with Crippen molar-refractivity contribution in [2.24, 2.45) is 0 Å². The van der Waals surface area contributed by atoms with Crippen molar-refractivity contribution < 1.29 is 4.74 Å². The van der Waals surface area contributed by atoms with Gasteiger partial charge in [-0.2, -0.15) is 5.10 Å². The summed E-state index contributed by atoms with van der Waals surface area (Å²) in [4.78, 5) is 4.95. The Morgan fingerprint density at radius 1 is 1.14 bits per heavy atom. The van der Waals surface area contributed by atoms with E-state index in [1.54, 1.807) is 0 Å². The predicted molar refractivity (Wildman–Crippen MR) is 88.0 cm³/mol. The topological polar surface area (TPSA) is 33.0 Å². The Bertz CT molecular complexity index is 542. The van der Waals surface area contributed by atoms with Crippen LogP contribution in [-0.4, -0.2) is 65.8 Å². The molecule has 0 atom stereocenters. The summed E-state index contributed by atoms with van der Waals surface area (Å²) in [7, 11) is 2.20. The van der Waals surface area contributed by atoms with E-state index in [-0.39, 0.29) is 0 Å². The SMILES string of the molecule is CN1CCN(CCCCOCc2cc3ccccn3n2)CC1. The van der Waals surface area contributed by atoms with E-state index in [9.17, 15) is 0 Å². The lowest BCUT2D eigenvalue weighted by Crippen LogP contribution is -2.44. The number of aromatic nitrogens is 2. The van der Waals surface area contributed by atoms with Crippen LogP contribution >= 0.6 is 0 Å². The van der Waals surface area contributed by atoms with Gasteiger partial charge in [0.1, 0.15) is 0 Å². The first-order valence-corrected chi connectivity index (χ1v) is 8.23. The molecule has 5 nitrogen and oxygen atoms in total. The molecule has 0 saturated carbocycles. The number of pyridine rings is 1. The molecule has 0 unspecified atom stereocenters. The van der Waals surface area contributed by atoms with Crippen LogP contribution in [0.1, 0.15) is 18.5 Å². The second-order valence-electron chi connectivity index (χ2n) is 6.11. The summed E-state index contributed by atoms with van der Waals surface area (Å²) >= 11 is 0. The van der Waals surface area contributed by atoms with E-state index >= 15 is 0 Å². The molecule has 0 amide bonds. The van der Waals surface area contributed by atoms with Gasteiger partial charge >= 0.3 is 0 Å². The van der Waals surface area contributed by atoms with Crippen molar-refractivity contribution in [1.29, 1.82) is 0 Å². The standard InChI is InChI=1S/C17H26N4O/c1-19-9-11-20(12-10-19)7-4-5-13-22-15-16-14-17-6-2-3-8-21(17)18-16/h2-3,6,8,14H,4-5,7,9-13,15H2,1H3. The minimum absolute atomic E-state index is 0.607. The fraction of sp³-hybridized carbons (Fsp3) is 0.588. The van der Waals surface area contributed by atoms with Crippen LogP contribution in [0, 0.1) is 0 Å². The fourth-order valence-electron chi connectivity index (χ4n) is 2.85. The highest BCUT2D eigenvalue weighted by Crippen LogP contribution is 2.07. The van der Waals surface area contributed by atoms with Crippen LogP contribution in [0.3, 0.4) is 0 Å². The number of fused-ring (bicyclic) bond motifs is 1. The molecule has 120 valence electrons. The Hall–Kier alpha value is -1.43. The van der Waals surface area contributed by atoms with Crippen molar-refractivity contribution in [3.05, 3.63) is 36.2 Å². The van der Waals surface area contributed by atoms with Crippen LogP contribution in [0.25, 0.3) is 5.52 Å². The number of nitrogens with zero attached hydrogens (tertiary/aromatic N) is 4. The molecule has 1 saturated heterocycles. The molecule has 2 aromatic rings. The minimum Gasteiger partial charge on any atom is -0.375 e. The molecule has 0 N–H and O–H groups in total. The van der Waals surface area contributed by atoms with Crippen LogP contribution in [0.15, 0.2) is 30.5 Å². The van der Waals surface area contributed by atoms with Crippen LogP contribution in [0.4, 0.5) is 0 Å². The average molecular weight is 302 g/mol. The normalized spacial score (nSPS) is 17.3. The van der Waals surface area contributed by atoms with Crippen LogP contribution in [0.2, 0.25) is 0 Å². The molecule has 0 aliphatic carbocycles. The number of hydrogen-bond acceptors (Lipinski definition) is 4. The van der Waals surface area contributed by atoms with Gasteiger partial charge in [-0.25, -0.2) is 4.52 Å². The third-order valence-corrected chi connectivity index (χ3v) is 4.28. The van der Waals surface area contributed by atoms with Crippen molar-refractivity contribution in [3.63, 3.8) is 0 Å².